The van der Waals surface area contributed by atoms with E-state index in [1.165, 1.54) is 22.9 Å². The number of benzene rings is 1. The lowest BCUT2D eigenvalue weighted by molar-refractivity contribution is -0.274. The minimum absolute atomic E-state index is 0.0168. The van der Waals surface area contributed by atoms with Gasteiger partial charge in [-0.2, -0.15) is 0 Å². The summed E-state index contributed by atoms with van der Waals surface area (Å²) in [6.07, 6.45) is -2.24. The normalized spacial score (nSPS) is 11.8. The summed E-state index contributed by atoms with van der Waals surface area (Å²) in [6, 6.07) is 2.64. The number of imidazole rings is 1. The number of unbranched alkanes of at least 4 members (excludes halogenated alkanes) is 1. The van der Waals surface area contributed by atoms with Crippen molar-refractivity contribution in [1.29, 1.82) is 0 Å². The summed E-state index contributed by atoms with van der Waals surface area (Å²) in [6.45, 7) is 2.09. The van der Waals surface area contributed by atoms with Crippen LogP contribution in [0.1, 0.15) is 43.2 Å². The number of hydrogen-bond acceptors (Lipinski definition) is 8. The van der Waals surface area contributed by atoms with Gasteiger partial charge < -0.3 is 35.5 Å². The van der Waals surface area contributed by atoms with Crippen molar-refractivity contribution in [1.82, 2.24) is 14.9 Å². The fourth-order valence-corrected chi connectivity index (χ4v) is 3.07. The Balaban J connectivity index is 1.92. The number of nitrogens with two attached hydrogens (primary N) is 1. The predicted molar refractivity (Wildman–Crippen MR) is 131 cm³/mol. The number of nitrogens with zero attached hydrogens (tertiary/aromatic N) is 2. The van der Waals surface area contributed by atoms with Crippen LogP contribution in [0.2, 0.25) is 0 Å². The minimum Gasteiger partial charge on any atom is -0.481 e. The molecule has 0 aliphatic heterocycles. The highest BCUT2D eigenvalue weighted by Gasteiger charge is 2.31. The summed E-state index contributed by atoms with van der Waals surface area (Å²) in [4.78, 5) is 51.5. The van der Waals surface area contributed by atoms with Crippen LogP contribution in [0.4, 0.5) is 29.5 Å². The quantitative estimate of drug-likeness (QED) is 0.172. The number of esters is 1. The van der Waals surface area contributed by atoms with Crippen LogP contribution < -0.4 is 26.4 Å². The molecule has 0 radical (unpaired) electrons. The number of hydrogen-bond donors (Lipinski definition) is 5. The Morgan fingerprint density at radius 1 is 1.15 bits per heavy atom. The van der Waals surface area contributed by atoms with Gasteiger partial charge in [-0.3, -0.25) is 19.7 Å². The third-order valence-electron chi connectivity index (χ3n) is 4.92. The van der Waals surface area contributed by atoms with E-state index in [0.29, 0.717) is 13.0 Å². The first-order valence-corrected chi connectivity index (χ1v) is 11.8. The number of carbonyl (C=O) groups excluding carboxylic acids is 3. The maximum atomic E-state index is 12.7. The third kappa shape index (κ3) is 11.3. The molecular weight excluding hydrogens is 529 g/mol. The van der Waals surface area contributed by atoms with Gasteiger partial charge in [0.2, 0.25) is 5.82 Å². The van der Waals surface area contributed by atoms with Gasteiger partial charge in [0.05, 0.1) is 6.54 Å². The minimum atomic E-state index is -4.84. The van der Waals surface area contributed by atoms with E-state index in [-0.39, 0.29) is 43.3 Å². The van der Waals surface area contributed by atoms with Crippen molar-refractivity contribution in [2.24, 2.45) is 5.73 Å². The first-order valence-electron chi connectivity index (χ1n) is 11.8. The van der Waals surface area contributed by atoms with Crippen LogP contribution >= 0.6 is 0 Å². The average molecular weight is 559 g/mol. The second-order valence-electron chi connectivity index (χ2n) is 8.11. The summed E-state index contributed by atoms with van der Waals surface area (Å²) in [5.41, 5.74) is 5.74. The van der Waals surface area contributed by atoms with Gasteiger partial charge in [-0.05, 0) is 37.1 Å². The molecule has 0 aliphatic rings. The zero-order valence-electron chi connectivity index (χ0n) is 20.9. The van der Waals surface area contributed by atoms with Crippen molar-refractivity contribution in [2.45, 2.75) is 51.6 Å². The highest BCUT2D eigenvalue weighted by molar-refractivity contribution is 5.99. The molecule has 0 spiro atoms. The third-order valence-corrected chi connectivity index (χ3v) is 4.92. The predicted octanol–water partition coefficient (Wildman–Crippen LogP) is 2.69. The van der Waals surface area contributed by atoms with Gasteiger partial charge in [0.1, 0.15) is 18.4 Å². The molecule has 1 aromatic carbocycles. The topological polar surface area (TPSA) is 187 Å². The van der Waals surface area contributed by atoms with E-state index >= 15 is 0 Å². The van der Waals surface area contributed by atoms with Crippen LogP contribution in [0, 0.1) is 0 Å². The molecule has 2 rings (SSSR count). The van der Waals surface area contributed by atoms with Crippen molar-refractivity contribution in [3.63, 3.8) is 0 Å². The second kappa shape index (κ2) is 14.6. The fraction of sp³-hybridized carbons (Fsp3) is 0.435. The zero-order chi connectivity index (χ0) is 29.0. The van der Waals surface area contributed by atoms with Crippen molar-refractivity contribution >= 4 is 35.4 Å². The van der Waals surface area contributed by atoms with Crippen LogP contribution in [0.15, 0.2) is 30.5 Å². The number of amides is 3. The molecule has 0 fully saturated rings. The number of urea groups is 1. The number of halogens is 3. The zero-order valence-corrected chi connectivity index (χ0v) is 20.9. The number of ether oxygens (including phenoxy) is 2. The molecule has 2 aromatic rings. The molecule has 0 aliphatic carbocycles. The largest absolute Gasteiger partial charge is 0.573 e. The maximum Gasteiger partial charge on any atom is 0.573 e. The van der Waals surface area contributed by atoms with Crippen molar-refractivity contribution in [3.05, 3.63) is 36.3 Å². The van der Waals surface area contributed by atoms with Crippen LogP contribution in [-0.4, -0.2) is 64.1 Å². The summed E-state index contributed by atoms with van der Waals surface area (Å²) < 4.78 is 47.1. The Bertz CT molecular complexity index is 1140. The number of nitrogens with one attached hydrogen (secondary N) is 3. The van der Waals surface area contributed by atoms with Crippen molar-refractivity contribution in [3.8, 4) is 5.75 Å². The summed E-state index contributed by atoms with van der Waals surface area (Å²) in [5, 5.41) is 16.1. The van der Waals surface area contributed by atoms with Gasteiger partial charge in [0.15, 0.2) is 5.82 Å². The molecule has 13 nitrogen and oxygen atoms in total. The molecule has 1 heterocycles. The number of carboxylic acids is 1. The number of aryl methyl sites for hydroxylation is 1. The molecular formula is C23H29F3N6O7. The SMILES string of the molecule is CCCCn1cc(NC(=O)Nc2ccc(OC(F)(F)F)cc2)nc1C(=O)NCCOC(=O)[C@H](N)CCC(=O)O. The first kappa shape index (κ1) is 30.9. The van der Waals surface area contributed by atoms with Gasteiger partial charge in [-0.1, -0.05) is 13.3 Å². The Morgan fingerprint density at radius 2 is 1.85 bits per heavy atom. The average Bonchev–Trinajstić information content (AvgIpc) is 3.26. The van der Waals surface area contributed by atoms with Crippen molar-refractivity contribution in [2.75, 3.05) is 23.8 Å². The lowest BCUT2D eigenvalue weighted by Gasteiger charge is -2.11. The Kier molecular flexibility index (Phi) is 11.5. The van der Waals surface area contributed by atoms with E-state index in [9.17, 15) is 32.3 Å². The Morgan fingerprint density at radius 3 is 2.46 bits per heavy atom. The molecule has 6 N–H and O–H groups in total. The molecule has 16 heteroatoms. The molecule has 0 unspecified atom stereocenters. The number of rotatable bonds is 14. The van der Waals surface area contributed by atoms with E-state index in [1.54, 1.807) is 0 Å². The summed E-state index contributed by atoms with van der Waals surface area (Å²) in [7, 11) is 0. The van der Waals surface area contributed by atoms with Crippen LogP contribution in [0.3, 0.4) is 0 Å². The lowest BCUT2D eigenvalue weighted by atomic mass is 10.2. The summed E-state index contributed by atoms with van der Waals surface area (Å²) >= 11 is 0. The van der Waals surface area contributed by atoms with Gasteiger partial charge in [0.25, 0.3) is 5.91 Å². The standard InChI is InChI=1S/C23H29F3N6O7/c1-2-3-11-32-13-17(31-22(37)29-14-4-6-15(7-5-14)39-23(24,25)26)30-19(32)20(35)28-10-12-38-21(36)16(27)8-9-18(33)34/h4-7,13,16H,2-3,8-12,27H2,1H3,(H,28,35)(H,33,34)(H2,29,31,37)/t16-/m1/s1. The van der Waals surface area contributed by atoms with E-state index in [0.717, 1.165) is 18.6 Å². The smallest absolute Gasteiger partial charge is 0.481 e. The number of carboxylic acid groups (broad SMARTS) is 1. The first-order chi connectivity index (χ1) is 18.4. The van der Waals surface area contributed by atoms with Crippen LogP contribution in [0.25, 0.3) is 0 Å². The fourth-order valence-electron chi connectivity index (χ4n) is 3.07. The molecule has 1 aromatic heterocycles. The van der Waals surface area contributed by atoms with E-state index in [4.69, 9.17) is 15.6 Å². The number of anilines is 2. The van der Waals surface area contributed by atoms with E-state index in [2.05, 4.69) is 25.7 Å². The molecule has 1 atom stereocenters. The van der Waals surface area contributed by atoms with Gasteiger partial charge in [-0.25, -0.2) is 9.78 Å². The Labute approximate surface area is 220 Å². The number of aliphatic carboxylic acids is 1. The molecule has 0 saturated carbocycles. The van der Waals surface area contributed by atoms with E-state index in [1.807, 2.05) is 6.92 Å². The maximum absolute atomic E-state index is 12.7. The monoisotopic (exact) mass is 558 g/mol. The number of aromatic nitrogens is 2. The van der Waals surface area contributed by atoms with Crippen LogP contribution in [-0.2, 0) is 20.9 Å². The molecule has 0 bridgehead atoms. The second-order valence-corrected chi connectivity index (χ2v) is 8.11. The van der Waals surface area contributed by atoms with Gasteiger partial charge in [0, 0.05) is 24.8 Å². The number of carbonyl (C=O) groups is 4. The lowest BCUT2D eigenvalue weighted by Crippen LogP contribution is -2.35. The van der Waals surface area contributed by atoms with E-state index < -0.39 is 42.0 Å². The highest BCUT2D eigenvalue weighted by atomic mass is 19.4. The van der Waals surface area contributed by atoms with Gasteiger partial charge >= 0.3 is 24.3 Å². The molecule has 0 saturated heterocycles. The van der Waals surface area contributed by atoms with Crippen LogP contribution in [0.5, 0.6) is 5.75 Å². The van der Waals surface area contributed by atoms with Gasteiger partial charge in [-0.15, -0.1) is 13.2 Å². The van der Waals surface area contributed by atoms with Crippen molar-refractivity contribution < 1.29 is 46.9 Å². The molecule has 3 amide bonds. The summed E-state index contributed by atoms with van der Waals surface area (Å²) in [5.74, 6) is -2.92. The molecule has 39 heavy (non-hydrogen) atoms. The highest BCUT2D eigenvalue weighted by Crippen LogP contribution is 2.24. The Hall–Kier alpha value is -4.34. The molecule has 214 valence electrons. The number of alkyl halides is 3.